The zero-order valence-electron chi connectivity index (χ0n) is 8.01. The maximum absolute atomic E-state index is 11.6. The number of ketones is 1. The van der Waals surface area contributed by atoms with E-state index >= 15 is 0 Å². The standard InChI is InChI=1S/C10H18O2/c1-3-5-9(12-4-2)10(11)8-6-7-8/h8-9H,3-7H2,1-2H3. The summed E-state index contributed by atoms with van der Waals surface area (Å²) in [6.45, 7) is 4.69. The first-order chi connectivity index (χ1) is 5.79. The first kappa shape index (κ1) is 9.72. The van der Waals surface area contributed by atoms with E-state index in [1.54, 1.807) is 0 Å². The number of Topliss-reactive ketones (excluding diaryl/α,β-unsaturated/α-hetero) is 1. The van der Waals surface area contributed by atoms with Gasteiger partial charge in [-0.3, -0.25) is 4.79 Å². The van der Waals surface area contributed by atoms with Crippen LogP contribution in [0.1, 0.15) is 39.5 Å². The Morgan fingerprint density at radius 3 is 2.58 bits per heavy atom. The molecule has 1 aliphatic carbocycles. The first-order valence-corrected chi connectivity index (χ1v) is 4.94. The Morgan fingerprint density at radius 2 is 2.17 bits per heavy atom. The summed E-state index contributed by atoms with van der Waals surface area (Å²) in [6.07, 6.45) is 4.00. The molecule has 0 aliphatic heterocycles. The largest absolute Gasteiger partial charge is 0.371 e. The fourth-order valence-electron chi connectivity index (χ4n) is 1.40. The molecule has 1 atom stereocenters. The third-order valence-electron chi connectivity index (χ3n) is 2.22. The number of carbonyl (C=O) groups is 1. The molecule has 2 heteroatoms. The SMILES string of the molecule is CCCC(OCC)C(=O)C1CC1. The molecule has 0 aromatic rings. The second kappa shape index (κ2) is 4.61. The quantitative estimate of drug-likeness (QED) is 0.610. The molecule has 12 heavy (non-hydrogen) atoms. The molecule has 0 spiro atoms. The van der Waals surface area contributed by atoms with Crippen LogP contribution in [0.5, 0.6) is 0 Å². The molecular weight excluding hydrogens is 152 g/mol. The van der Waals surface area contributed by atoms with Crippen molar-refractivity contribution in [3.05, 3.63) is 0 Å². The summed E-state index contributed by atoms with van der Waals surface area (Å²) < 4.78 is 5.40. The van der Waals surface area contributed by atoms with Crippen molar-refractivity contribution in [2.45, 2.75) is 45.6 Å². The molecule has 0 N–H and O–H groups in total. The van der Waals surface area contributed by atoms with Crippen molar-refractivity contribution in [1.29, 1.82) is 0 Å². The van der Waals surface area contributed by atoms with Crippen LogP contribution >= 0.6 is 0 Å². The van der Waals surface area contributed by atoms with Gasteiger partial charge in [-0.1, -0.05) is 13.3 Å². The van der Waals surface area contributed by atoms with Crippen molar-refractivity contribution in [2.24, 2.45) is 5.92 Å². The molecule has 1 unspecified atom stereocenters. The van der Waals surface area contributed by atoms with Crippen LogP contribution in [0.15, 0.2) is 0 Å². The van der Waals surface area contributed by atoms with Crippen molar-refractivity contribution in [1.82, 2.24) is 0 Å². The molecule has 0 bridgehead atoms. The smallest absolute Gasteiger partial charge is 0.164 e. The Bertz CT molecular complexity index is 144. The lowest BCUT2D eigenvalue weighted by Gasteiger charge is -2.13. The van der Waals surface area contributed by atoms with Gasteiger partial charge in [-0.2, -0.15) is 0 Å². The summed E-state index contributed by atoms with van der Waals surface area (Å²) in [5.74, 6) is 0.687. The lowest BCUT2D eigenvalue weighted by molar-refractivity contribution is -0.132. The monoisotopic (exact) mass is 170 g/mol. The van der Waals surface area contributed by atoms with Gasteiger partial charge in [-0.15, -0.1) is 0 Å². The lowest BCUT2D eigenvalue weighted by Crippen LogP contribution is -2.25. The predicted molar refractivity (Wildman–Crippen MR) is 48.1 cm³/mol. The molecule has 0 aromatic heterocycles. The summed E-state index contributed by atoms with van der Waals surface area (Å²) >= 11 is 0. The maximum Gasteiger partial charge on any atom is 0.164 e. The van der Waals surface area contributed by atoms with E-state index in [1.165, 1.54) is 0 Å². The summed E-state index contributed by atoms with van der Waals surface area (Å²) in [7, 11) is 0. The normalized spacial score (nSPS) is 19.2. The van der Waals surface area contributed by atoms with Crippen LogP contribution in [0.3, 0.4) is 0 Å². The van der Waals surface area contributed by atoms with E-state index in [0.717, 1.165) is 25.7 Å². The van der Waals surface area contributed by atoms with Gasteiger partial charge in [0.15, 0.2) is 5.78 Å². The number of hydrogen-bond acceptors (Lipinski definition) is 2. The number of hydrogen-bond donors (Lipinski definition) is 0. The molecule has 0 saturated heterocycles. The number of rotatable bonds is 6. The number of carbonyl (C=O) groups excluding carboxylic acids is 1. The maximum atomic E-state index is 11.6. The highest BCUT2D eigenvalue weighted by atomic mass is 16.5. The van der Waals surface area contributed by atoms with Gasteiger partial charge in [0.1, 0.15) is 6.10 Å². The molecule has 1 aliphatic rings. The summed E-state index contributed by atoms with van der Waals surface area (Å²) in [6, 6.07) is 0. The summed E-state index contributed by atoms with van der Waals surface area (Å²) in [4.78, 5) is 11.6. The van der Waals surface area contributed by atoms with Crippen molar-refractivity contribution < 1.29 is 9.53 Å². The van der Waals surface area contributed by atoms with Gasteiger partial charge >= 0.3 is 0 Å². The number of ether oxygens (including phenoxy) is 1. The Hall–Kier alpha value is -0.370. The van der Waals surface area contributed by atoms with Gasteiger partial charge < -0.3 is 4.74 Å². The van der Waals surface area contributed by atoms with Gasteiger partial charge in [-0.25, -0.2) is 0 Å². The summed E-state index contributed by atoms with van der Waals surface area (Å²) in [5.41, 5.74) is 0. The molecule has 0 heterocycles. The van der Waals surface area contributed by atoms with E-state index in [1.807, 2.05) is 6.92 Å². The van der Waals surface area contributed by atoms with Crippen LogP contribution < -0.4 is 0 Å². The average Bonchev–Trinajstić information content (AvgIpc) is 2.85. The third kappa shape index (κ3) is 2.59. The minimum Gasteiger partial charge on any atom is -0.371 e. The highest BCUT2D eigenvalue weighted by Crippen LogP contribution is 2.32. The van der Waals surface area contributed by atoms with E-state index < -0.39 is 0 Å². The minimum atomic E-state index is -0.104. The second-order valence-electron chi connectivity index (χ2n) is 3.41. The van der Waals surface area contributed by atoms with Crippen LogP contribution in [0.4, 0.5) is 0 Å². The van der Waals surface area contributed by atoms with E-state index in [0.29, 0.717) is 18.3 Å². The second-order valence-corrected chi connectivity index (χ2v) is 3.41. The van der Waals surface area contributed by atoms with Gasteiger partial charge in [0.2, 0.25) is 0 Å². The van der Waals surface area contributed by atoms with E-state index in [9.17, 15) is 4.79 Å². The molecule has 1 saturated carbocycles. The Kier molecular flexibility index (Phi) is 3.73. The zero-order valence-corrected chi connectivity index (χ0v) is 8.01. The lowest BCUT2D eigenvalue weighted by atomic mass is 10.1. The molecule has 0 radical (unpaired) electrons. The van der Waals surface area contributed by atoms with Crippen LogP contribution in [-0.2, 0) is 9.53 Å². The van der Waals surface area contributed by atoms with Gasteiger partial charge in [-0.05, 0) is 26.2 Å². The van der Waals surface area contributed by atoms with Crippen LogP contribution in [0, 0.1) is 5.92 Å². The highest BCUT2D eigenvalue weighted by Gasteiger charge is 2.34. The zero-order chi connectivity index (χ0) is 8.97. The molecule has 1 rings (SSSR count). The van der Waals surface area contributed by atoms with Crippen LogP contribution in [0.25, 0.3) is 0 Å². The fraction of sp³-hybridized carbons (Fsp3) is 0.900. The van der Waals surface area contributed by atoms with E-state index in [-0.39, 0.29) is 6.10 Å². The van der Waals surface area contributed by atoms with E-state index in [2.05, 4.69) is 6.92 Å². The Labute approximate surface area is 74.3 Å². The molecule has 0 aromatic carbocycles. The topological polar surface area (TPSA) is 26.3 Å². The average molecular weight is 170 g/mol. The van der Waals surface area contributed by atoms with Crippen molar-refractivity contribution in [3.8, 4) is 0 Å². The van der Waals surface area contributed by atoms with Crippen molar-refractivity contribution >= 4 is 5.78 Å². The van der Waals surface area contributed by atoms with Crippen molar-refractivity contribution in [2.75, 3.05) is 6.61 Å². The molecule has 1 fully saturated rings. The van der Waals surface area contributed by atoms with Crippen molar-refractivity contribution in [3.63, 3.8) is 0 Å². The van der Waals surface area contributed by atoms with Gasteiger partial charge in [0.05, 0.1) is 0 Å². The highest BCUT2D eigenvalue weighted by molar-refractivity contribution is 5.87. The van der Waals surface area contributed by atoms with Gasteiger partial charge in [0.25, 0.3) is 0 Å². The third-order valence-corrected chi connectivity index (χ3v) is 2.22. The predicted octanol–water partition coefficient (Wildman–Crippen LogP) is 2.17. The Morgan fingerprint density at radius 1 is 1.50 bits per heavy atom. The fourth-order valence-corrected chi connectivity index (χ4v) is 1.40. The first-order valence-electron chi connectivity index (χ1n) is 4.94. The van der Waals surface area contributed by atoms with Crippen LogP contribution in [-0.4, -0.2) is 18.5 Å². The molecule has 2 nitrogen and oxygen atoms in total. The van der Waals surface area contributed by atoms with Crippen LogP contribution in [0.2, 0.25) is 0 Å². The summed E-state index contributed by atoms with van der Waals surface area (Å²) in [5, 5.41) is 0. The molecule has 70 valence electrons. The van der Waals surface area contributed by atoms with E-state index in [4.69, 9.17) is 4.74 Å². The van der Waals surface area contributed by atoms with Gasteiger partial charge in [0, 0.05) is 12.5 Å². The molecule has 0 amide bonds. The minimum absolute atomic E-state index is 0.104. The molecular formula is C10H18O2. The Balaban J connectivity index is 2.33.